The molecule has 6 nitrogen and oxygen atoms in total. The van der Waals surface area contributed by atoms with Gasteiger partial charge in [-0.15, -0.1) is 0 Å². The van der Waals surface area contributed by atoms with Crippen molar-refractivity contribution in [1.82, 2.24) is 10.2 Å². The summed E-state index contributed by atoms with van der Waals surface area (Å²) < 4.78 is 26.9. The molecule has 4 amide bonds. The molecule has 2 N–H and O–H groups in total. The maximum absolute atomic E-state index is 13.7. The number of urea groups is 1. The molecule has 2 aromatic carbocycles. The summed E-state index contributed by atoms with van der Waals surface area (Å²) in [5.74, 6) is -2.94. The molecule has 3 rings (SSSR count). The van der Waals surface area contributed by atoms with Gasteiger partial charge < -0.3 is 10.6 Å². The second-order valence-corrected chi connectivity index (χ2v) is 6.12. The predicted octanol–water partition coefficient (Wildman–Crippen LogP) is 2.76. The lowest BCUT2D eigenvalue weighted by Gasteiger charge is -2.25. The Morgan fingerprint density at radius 3 is 2.52 bits per heavy atom. The monoisotopic (exact) mass is 373 g/mol. The number of nitrogens with zero attached hydrogens (tertiary/aromatic N) is 1. The lowest BCUT2D eigenvalue weighted by atomic mass is 9.87. The molecular weight excluding hydrogens is 356 g/mol. The van der Waals surface area contributed by atoms with Crippen LogP contribution in [0.2, 0.25) is 0 Å². The second kappa shape index (κ2) is 7.14. The van der Waals surface area contributed by atoms with Crippen molar-refractivity contribution in [3.63, 3.8) is 0 Å². The second-order valence-electron chi connectivity index (χ2n) is 6.12. The highest BCUT2D eigenvalue weighted by atomic mass is 19.1. The molecule has 1 aliphatic heterocycles. The summed E-state index contributed by atoms with van der Waals surface area (Å²) in [5.41, 5.74) is -1.02. The van der Waals surface area contributed by atoms with E-state index in [0.717, 1.165) is 23.1 Å². The van der Waals surface area contributed by atoms with E-state index in [1.807, 2.05) is 0 Å². The Kier molecular flexibility index (Phi) is 4.89. The van der Waals surface area contributed by atoms with E-state index in [-0.39, 0.29) is 12.1 Å². The fourth-order valence-corrected chi connectivity index (χ4v) is 3.06. The number of benzene rings is 2. The van der Waals surface area contributed by atoms with E-state index < -0.39 is 41.6 Å². The van der Waals surface area contributed by atoms with Gasteiger partial charge in [-0.25, -0.2) is 13.6 Å². The van der Waals surface area contributed by atoms with E-state index in [9.17, 15) is 23.2 Å². The van der Waals surface area contributed by atoms with E-state index in [2.05, 4.69) is 10.6 Å². The number of hydrogen-bond acceptors (Lipinski definition) is 3. The molecule has 1 heterocycles. The molecule has 0 aromatic heterocycles. The third-order valence-electron chi connectivity index (χ3n) is 4.48. The fourth-order valence-electron chi connectivity index (χ4n) is 3.06. The van der Waals surface area contributed by atoms with Crippen molar-refractivity contribution >= 4 is 23.5 Å². The zero-order valence-electron chi connectivity index (χ0n) is 14.5. The number of rotatable bonds is 5. The van der Waals surface area contributed by atoms with Crippen molar-refractivity contribution in [3.05, 3.63) is 65.7 Å². The third-order valence-corrected chi connectivity index (χ3v) is 4.48. The summed E-state index contributed by atoms with van der Waals surface area (Å²) >= 11 is 0. The first kappa shape index (κ1) is 18.5. The molecule has 2 aromatic rings. The molecule has 1 saturated heterocycles. The van der Waals surface area contributed by atoms with Crippen LogP contribution in [-0.2, 0) is 15.1 Å². The summed E-state index contributed by atoms with van der Waals surface area (Å²) in [5, 5.41) is 4.82. The average molecular weight is 373 g/mol. The fraction of sp³-hybridized carbons (Fsp3) is 0.211. The summed E-state index contributed by atoms with van der Waals surface area (Å²) in [6, 6.07) is 10.6. The lowest BCUT2D eigenvalue weighted by molar-refractivity contribution is -0.134. The molecule has 140 valence electrons. The van der Waals surface area contributed by atoms with Crippen molar-refractivity contribution in [2.24, 2.45) is 0 Å². The summed E-state index contributed by atoms with van der Waals surface area (Å²) in [7, 11) is 0. The first-order valence-corrected chi connectivity index (χ1v) is 8.32. The maximum atomic E-state index is 13.7. The van der Waals surface area contributed by atoms with Crippen LogP contribution in [0.5, 0.6) is 0 Å². The number of hydrogen-bond donors (Lipinski definition) is 2. The van der Waals surface area contributed by atoms with Gasteiger partial charge in [0.2, 0.25) is 5.91 Å². The van der Waals surface area contributed by atoms with Gasteiger partial charge in [0.05, 0.1) is 5.69 Å². The SMILES string of the molecule is CC[C@]1(c2ccccc2)NC(=O)N(CC(=O)Nc2cc(F)ccc2F)C1=O. The number of carbonyl (C=O) groups excluding carboxylic acids is 3. The van der Waals surface area contributed by atoms with Crippen LogP contribution >= 0.6 is 0 Å². The normalized spacial score (nSPS) is 19.1. The Morgan fingerprint density at radius 2 is 1.85 bits per heavy atom. The Balaban J connectivity index is 1.79. The molecule has 0 aliphatic carbocycles. The van der Waals surface area contributed by atoms with Crippen LogP contribution in [0.15, 0.2) is 48.5 Å². The van der Waals surface area contributed by atoms with Gasteiger partial charge in [0.25, 0.3) is 5.91 Å². The number of carbonyl (C=O) groups is 3. The molecule has 1 atom stereocenters. The molecule has 27 heavy (non-hydrogen) atoms. The topological polar surface area (TPSA) is 78.5 Å². The van der Waals surface area contributed by atoms with Crippen molar-refractivity contribution < 1.29 is 23.2 Å². The van der Waals surface area contributed by atoms with Crippen LogP contribution in [0.25, 0.3) is 0 Å². The van der Waals surface area contributed by atoms with E-state index in [4.69, 9.17) is 0 Å². The highest BCUT2D eigenvalue weighted by molar-refractivity contribution is 6.10. The molecule has 0 saturated carbocycles. The van der Waals surface area contributed by atoms with E-state index in [1.54, 1.807) is 37.3 Å². The van der Waals surface area contributed by atoms with Crippen LogP contribution in [0.1, 0.15) is 18.9 Å². The molecule has 1 aliphatic rings. The Morgan fingerprint density at radius 1 is 1.15 bits per heavy atom. The first-order chi connectivity index (χ1) is 12.9. The van der Waals surface area contributed by atoms with Gasteiger partial charge in [0.1, 0.15) is 23.7 Å². The molecular formula is C19H17F2N3O3. The molecule has 0 unspecified atom stereocenters. The van der Waals surface area contributed by atoms with E-state index >= 15 is 0 Å². The van der Waals surface area contributed by atoms with Crippen molar-refractivity contribution in [2.45, 2.75) is 18.9 Å². The number of anilines is 1. The van der Waals surface area contributed by atoms with Crippen LogP contribution in [0.4, 0.5) is 19.3 Å². The minimum absolute atomic E-state index is 0.290. The van der Waals surface area contributed by atoms with Gasteiger partial charge >= 0.3 is 6.03 Å². The quantitative estimate of drug-likeness (QED) is 0.791. The number of halogens is 2. The number of nitrogens with one attached hydrogen (secondary N) is 2. The minimum Gasteiger partial charge on any atom is -0.322 e. The van der Waals surface area contributed by atoms with Crippen molar-refractivity contribution in [1.29, 1.82) is 0 Å². The highest BCUT2D eigenvalue weighted by Gasteiger charge is 2.51. The Bertz CT molecular complexity index is 904. The number of amides is 4. The zero-order chi connectivity index (χ0) is 19.6. The largest absolute Gasteiger partial charge is 0.325 e. The molecule has 8 heteroatoms. The van der Waals surface area contributed by atoms with Gasteiger partial charge in [-0.3, -0.25) is 14.5 Å². The summed E-state index contributed by atoms with van der Waals surface area (Å²) in [4.78, 5) is 38.2. The van der Waals surface area contributed by atoms with Gasteiger partial charge in [0, 0.05) is 6.07 Å². The Hall–Kier alpha value is -3.29. The van der Waals surface area contributed by atoms with Crippen molar-refractivity contribution in [2.75, 3.05) is 11.9 Å². The van der Waals surface area contributed by atoms with Crippen LogP contribution < -0.4 is 10.6 Å². The average Bonchev–Trinajstić information content (AvgIpc) is 2.90. The lowest BCUT2D eigenvalue weighted by Crippen LogP contribution is -2.44. The smallest absolute Gasteiger partial charge is 0.322 e. The molecule has 0 spiro atoms. The molecule has 0 bridgehead atoms. The summed E-state index contributed by atoms with van der Waals surface area (Å²) in [6.45, 7) is 1.13. The van der Waals surface area contributed by atoms with E-state index in [1.165, 1.54) is 0 Å². The predicted molar refractivity (Wildman–Crippen MR) is 93.6 cm³/mol. The van der Waals surface area contributed by atoms with Crippen molar-refractivity contribution in [3.8, 4) is 0 Å². The van der Waals surface area contributed by atoms with Gasteiger partial charge in [0.15, 0.2) is 0 Å². The van der Waals surface area contributed by atoms with Gasteiger partial charge in [-0.05, 0) is 24.1 Å². The van der Waals surface area contributed by atoms with Crippen LogP contribution in [0.3, 0.4) is 0 Å². The zero-order valence-corrected chi connectivity index (χ0v) is 14.5. The van der Waals surface area contributed by atoms with Crippen LogP contribution in [0, 0.1) is 11.6 Å². The molecule has 1 fully saturated rings. The standard InChI is InChI=1S/C19H17F2N3O3/c1-2-19(12-6-4-3-5-7-12)17(26)24(18(27)23-19)11-16(25)22-15-10-13(20)8-9-14(15)21/h3-10H,2,11H2,1H3,(H,22,25)(H,23,27)/t19-/m1/s1. The minimum atomic E-state index is -1.26. The first-order valence-electron chi connectivity index (χ1n) is 8.32. The van der Waals surface area contributed by atoms with E-state index in [0.29, 0.717) is 5.56 Å². The molecule has 0 radical (unpaired) electrons. The van der Waals surface area contributed by atoms with Crippen LogP contribution in [-0.4, -0.2) is 29.3 Å². The highest BCUT2D eigenvalue weighted by Crippen LogP contribution is 2.32. The maximum Gasteiger partial charge on any atom is 0.325 e. The Labute approximate surface area is 154 Å². The summed E-state index contributed by atoms with van der Waals surface area (Å²) in [6.07, 6.45) is 0.290. The van der Waals surface area contributed by atoms with Gasteiger partial charge in [-0.2, -0.15) is 0 Å². The number of imide groups is 1. The van der Waals surface area contributed by atoms with Gasteiger partial charge in [-0.1, -0.05) is 37.3 Å². The third kappa shape index (κ3) is 3.38.